The first-order valence-electron chi connectivity index (χ1n) is 11.0. The van der Waals surface area contributed by atoms with Crippen molar-refractivity contribution < 1.29 is 22.7 Å². The van der Waals surface area contributed by atoms with E-state index in [0.717, 1.165) is 34.1 Å². The molecule has 3 aromatic heterocycles. The summed E-state index contributed by atoms with van der Waals surface area (Å²) in [4.78, 5) is 21.3. The largest absolute Gasteiger partial charge is 0.467 e. The van der Waals surface area contributed by atoms with Crippen LogP contribution in [0.3, 0.4) is 0 Å². The number of rotatable bonds is 5. The van der Waals surface area contributed by atoms with E-state index >= 15 is 0 Å². The Morgan fingerprint density at radius 2 is 1.81 bits per heavy atom. The molecule has 5 aromatic rings. The van der Waals surface area contributed by atoms with Gasteiger partial charge >= 0.3 is 12.2 Å². The van der Waals surface area contributed by atoms with Crippen LogP contribution in [0.4, 0.5) is 13.2 Å². The first-order chi connectivity index (χ1) is 17.1. The molecule has 0 aliphatic rings. The first-order valence-corrected chi connectivity index (χ1v) is 11.0. The second-order valence-corrected chi connectivity index (χ2v) is 8.32. The summed E-state index contributed by atoms with van der Waals surface area (Å²) in [5, 5.41) is 8.89. The summed E-state index contributed by atoms with van der Waals surface area (Å²) >= 11 is 0. The van der Waals surface area contributed by atoms with Gasteiger partial charge in [-0.2, -0.15) is 23.3 Å². The van der Waals surface area contributed by atoms with Crippen LogP contribution in [0.25, 0.3) is 27.6 Å². The van der Waals surface area contributed by atoms with Crippen molar-refractivity contribution >= 4 is 27.8 Å². The Morgan fingerprint density at radius 1 is 1.06 bits per heavy atom. The van der Waals surface area contributed by atoms with Crippen LogP contribution >= 0.6 is 0 Å². The zero-order valence-electron chi connectivity index (χ0n) is 19.6. The van der Waals surface area contributed by atoms with Gasteiger partial charge in [0, 0.05) is 41.0 Å². The molecule has 184 valence electrons. The molecular formula is C25H21F3N6O2. The van der Waals surface area contributed by atoms with Gasteiger partial charge in [-0.1, -0.05) is 0 Å². The van der Waals surface area contributed by atoms with Gasteiger partial charge in [0.2, 0.25) is 0 Å². The van der Waals surface area contributed by atoms with Gasteiger partial charge in [0.05, 0.1) is 30.4 Å². The third kappa shape index (κ3) is 4.23. The van der Waals surface area contributed by atoms with Gasteiger partial charge in [-0.15, -0.1) is 0 Å². The predicted octanol–water partition coefficient (Wildman–Crippen LogP) is 4.57. The molecular weight excluding hydrogens is 473 g/mol. The second kappa shape index (κ2) is 8.67. The topological polar surface area (TPSA) is 86.9 Å². The minimum absolute atomic E-state index is 0.186. The quantitative estimate of drug-likeness (QED) is 0.387. The van der Waals surface area contributed by atoms with Crippen LogP contribution in [-0.2, 0) is 19.8 Å². The van der Waals surface area contributed by atoms with E-state index in [1.165, 1.54) is 19.2 Å². The van der Waals surface area contributed by atoms with Gasteiger partial charge < -0.3 is 10.1 Å². The Kier molecular flexibility index (Phi) is 5.62. The molecule has 0 bridgehead atoms. The van der Waals surface area contributed by atoms with Crippen LogP contribution in [0.1, 0.15) is 27.3 Å². The summed E-state index contributed by atoms with van der Waals surface area (Å²) in [6.45, 7) is 2.00. The molecule has 0 saturated heterocycles. The number of amides is 1. The minimum atomic E-state index is -4.42. The molecule has 11 heteroatoms. The molecule has 0 fully saturated rings. The second-order valence-electron chi connectivity index (χ2n) is 8.32. The van der Waals surface area contributed by atoms with Crippen molar-refractivity contribution in [3.63, 3.8) is 0 Å². The van der Waals surface area contributed by atoms with Crippen LogP contribution in [0.2, 0.25) is 0 Å². The lowest BCUT2D eigenvalue weighted by atomic mass is 10.1. The molecule has 3 heterocycles. The van der Waals surface area contributed by atoms with Crippen molar-refractivity contribution in [2.24, 2.45) is 7.05 Å². The van der Waals surface area contributed by atoms with Crippen molar-refractivity contribution in [3.8, 4) is 11.7 Å². The summed E-state index contributed by atoms with van der Waals surface area (Å²) in [5.74, 6) is -0.300. The normalized spacial score (nSPS) is 11.8. The Labute approximate surface area is 203 Å². The van der Waals surface area contributed by atoms with E-state index in [2.05, 4.69) is 20.4 Å². The number of nitrogens with one attached hydrogen (secondary N) is 1. The highest BCUT2D eigenvalue weighted by Gasteiger charge is 2.30. The lowest BCUT2D eigenvalue weighted by Gasteiger charge is -2.10. The van der Waals surface area contributed by atoms with Crippen LogP contribution in [0.5, 0.6) is 6.01 Å². The van der Waals surface area contributed by atoms with Crippen molar-refractivity contribution in [1.29, 1.82) is 0 Å². The zero-order chi connectivity index (χ0) is 25.6. The maximum absolute atomic E-state index is 13.0. The fraction of sp³-hybridized carbons (Fsp3) is 0.200. The average molecular weight is 494 g/mol. The molecule has 0 aliphatic carbocycles. The van der Waals surface area contributed by atoms with E-state index in [1.807, 2.05) is 13.1 Å². The highest BCUT2D eigenvalue weighted by Crippen LogP contribution is 2.34. The van der Waals surface area contributed by atoms with E-state index in [4.69, 9.17) is 4.74 Å². The third-order valence-corrected chi connectivity index (χ3v) is 5.76. The summed E-state index contributed by atoms with van der Waals surface area (Å²) < 4.78 is 47.6. The number of hydrogen-bond donors (Lipinski definition) is 1. The van der Waals surface area contributed by atoms with Gasteiger partial charge in [-0.3, -0.25) is 14.0 Å². The lowest BCUT2D eigenvalue weighted by molar-refractivity contribution is -0.137. The number of methoxy groups -OCH3 is 1. The number of alkyl halides is 3. The molecule has 1 N–H and O–H groups in total. The van der Waals surface area contributed by atoms with Gasteiger partial charge in [-0.25, -0.2) is 4.98 Å². The molecule has 2 aromatic carbocycles. The number of halogens is 3. The number of hydrogen-bond acceptors (Lipinski definition) is 5. The van der Waals surface area contributed by atoms with Gasteiger partial charge in [0.25, 0.3) is 5.91 Å². The van der Waals surface area contributed by atoms with Crippen LogP contribution in [0.15, 0.2) is 54.7 Å². The first kappa shape index (κ1) is 23.3. The molecule has 8 nitrogen and oxygen atoms in total. The Bertz CT molecular complexity index is 1600. The molecule has 36 heavy (non-hydrogen) atoms. The maximum atomic E-state index is 13.0. The number of carbonyl (C=O) groups excluding carboxylic acids is 1. The summed E-state index contributed by atoms with van der Waals surface area (Å²) in [6.07, 6.45) is -2.61. The van der Waals surface area contributed by atoms with E-state index in [1.54, 1.807) is 40.6 Å². The molecule has 0 spiro atoms. The van der Waals surface area contributed by atoms with Crippen LogP contribution < -0.4 is 10.1 Å². The monoisotopic (exact) mass is 494 g/mol. The molecule has 0 aliphatic heterocycles. The number of aryl methyl sites for hydroxylation is 2. The molecule has 5 rings (SSSR count). The molecule has 1 amide bonds. The summed E-state index contributed by atoms with van der Waals surface area (Å²) in [5.41, 5.74) is 2.86. The highest BCUT2D eigenvalue weighted by atomic mass is 19.4. The van der Waals surface area contributed by atoms with E-state index in [9.17, 15) is 18.0 Å². The fourth-order valence-electron chi connectivity index (χ4n) is 4.15. The highest BCUT2D eigenvalue weighted by molar-refractivity contribution is 6.10. The Balaban J connectivity index is 1.50. The summed E-state index contributed by atoms with van der Waals surface area (Å²) in [7, 11) is 3.24. The molecule has 0 radical (unpaired) electrons. The predicted molar refractivity (Wildman–Crippen MR) is 127 cm³/mol. The van der Waals surface area contributed by atoms with Crippen molar-refractivity contribution in [2.45, 2.75) is 19.6 Å². The van der Waals surface area contributed by atoms with Crippen molar-refractivity contribution in [2.75, 3.05) is 7.11 Å². The summed E-state index contributed by atoms with van der Waals surface area (Å²) in [6, 6.07) is 12.1. The number of nitrogens with zero attached hydrogens (tertiary/aromatic N) is 5. The average Bonchev–Trinajstić information content (AvgIpc) is 3.36. The molecule has 0 unspecified atom stereocenters. The Hall–Kier alpha value is -4.41. The molecule has 0 atom stereocenters. The van der Waals surface area contributed by atoms with Crippen molar-refractivity contribution in [1.82, 2.24) is 29.6 Å². The van der Waals surface area contributed by atoms with Gasteiger partial charge in [-0.05, 0) is 55.5 Å². The number of ether oxygens (including phenoxy) is 1. The molecule has 0 saturated carbocycles. The van der Waals surface area contributed by atoms with E-state index < -0.39 is 11.7 Å². The van der Waals surface area contributed by atoms with Crippen LogP contribution in [0, 0.1) is 6.92 Å². The number of aromatic nitrogens is 5. The Morgan fingerprint density at radius 3 is 2.50 bits per heavy atom. The standard InChI is InChI=1S/C25H21F3N6O2/c1-14-10-17(31-24(30-14)36-3)12-29-23(35)15-4-9-21-19(11-15)20-13-33(2)32-22(20)34(21)18-7-5-16(6-8-18)25(26,27)28/h4-11,13H,12H2,1-3H3,(H,29,35). The minimum Gasteiger partial charge on any atom is -0.467 e. The van der Waals surface area contributed by atoms with Crippen LogP contribution in [-0.4, -0.2) is 37.3 Å². The number of benzene rings is 2. The number of fused-ring (bicyclic) bond motifs is 3. The smallest absolute Gasteiger partial charge is 0.416 e. The SMILES string of the molecule is COc1nc(C)cc(CNC(=O)c2ccc3c(c2)c2cn(C)nc2n3-c2ccc(C(F)(F)F)cc2)n1. The van der Waals surface area contributed by atoms with Gasteiger partial charge in [0.1, 0.15) is 0 Å². The third-order valence-electron chi connectivity index (χ3n) is 5.76. The zero-order valence-corrected chi connectivity index (χ0v) is 19.6. The van der Waals surface area contributed by atoms with E-state index in [0.29, 0.717) is 22.6 Å². The van der Waals surface area contributed by atoms with Gasteiger partial charge in [0.15, 0.2) is 5.65 Å². The van der Waals surface area contributed by atoms with E-state index in [-0.39, 0.29) is 18.5 Å². The lowest BCUT2D eigenvalue weighted by Crippen LogP contribution is -2.23. The van der Waals surface area contributed by atoms with Crippen molar-refractivity contribution in [3.05, 3.63) is 77.2 Å². The fourth-order valence-corrected chi connectivity index (χ4v) is 4.15. The number of carbonyl (C=O) groups is 1. The maximum Gasteiger partial charge on any atom is 0.416 e.